The topological polar surface area (TPSA) is 103 Å². The van der Waals surface area contributed by atoms with E-state index in [0.29, 0.717) is 23.7 Å². The van der Waals surface area contributed by atoms with Crippen LogP contribution in [0.2, 0.25) is 0 Å². The van der Waals surface area contributed by atoms with Crippen molar-refractivity contribution in [1.82, 2.24) is 9.29 Å². The summed E-state index contributed by atoms with van der Waals surface area (Å²) in [5.74, 6) is -0.334. The third kappa shape index (κ3) is 4.95. The number of methoxy groups -OCH3 is 1. The van der Waals surface area contributed by atoms with Crippen LogP contribution in [0.5, 0.6) is 0 Å². The Labute approximate surface area is 166 Å². The Morgan fingerprint density at radius 3 is 2.52 bits per heavy atom. The van der Waals surface area contributed by atoms with E-state index in [1.807, 2.05) is 13.8 Å². The Bertz CT molecular complexity index is 903. The molecule has 27 heavy (non-hydrogen) atoms. The second-order valence-corrected chi connectivity index (χ2v) is 8.54. The third-order valence-electron chi connectivity index (χ3n) is 4.47. The number of nitrogens with two attached hydrogens (primary N) is 1. The number of benzene rings is 1. The summed E-state index contributed by atoms with van der Waals surface area (Å²) in [6.45, 7) is 4.32. The monoisotopic (exact) mass is 415 g/mol. The number of pyridine rings is 1. The maximum Gasteiger partial charge on any atom is 0.357 e. The highest BCUT2D eigenvalue weighted by Gasteiger charge is 2.25. The normalized spacial score (nSPS) is 12.9. The van der Waals surface area contributed by atoms with Gasteiger partial charge in [0.1, 0.15) is 0 Å². The molecule has 2 rings (SSSR count). The lowest BCUT2D eigenvalue weighted by atomic mass is 10.0. The summed E-state index contributed by atoms with van der Waals surface area (Å²) in [5, 5.41) is 0.871. The quantitative estimate of drug-likeness (QED) is 0.696. The predicted octanol–water partition coefficient (Wildman–Crippen LogP) is 2.44. The van der Waals surface area contributed by atoms with E-state index in [-0.39, 0.29) is 35.0 Å². The van der Waals surface area contributed by atoms with Gasteiger partial charge in [0.15, 0.2) is 5.69 Å². The van der Waals surface area contributed by atoms with Crippen molar-refractivity contribution in [2.45, 2.75) is 31.2 Å². The standard InChI is InChI=1S/C18H25N3O4S.ClH/c1-12(2)15(19)9-11-21(3)26(23,24)16-7-5-6-14-13(16)8-10-20-17(14)18(22)25-4;/h5-8,10,12,15H,9,11,19H2,1-4H3;1H. The van der Waals surface area contributed by atoms with Crippen LogP contribution in [0.25, 0.3) is 10.8 Å². The van der Waals surface area contributed by atoms with Gasteiger partial charge in [0.25, 0.3) is 0 Å². The van der Waals surface area contributed by atoms with Gasteiger partial charge in [-0.1, -0.05) is 26.0 Å². The van der Waals surface area contributed by atoms with Crippen molar-refractivity contribution in [2.24, 2.45) is 11.7 Å². The van der Waals surface area contributed by atoms with E-state index < -0.39 is 16.0 Å². The van der Waals surface area contributed by atoms with E-state index in [0.717, 1.165) is 0 Å². The van der Waals surface area contributed by atoms with E-state index in [1.165, 1.54) is 30.7 Å². The lowest BCUT2D eigenvalue weighted by Gasteiger charge is -2.22. The maximum absolute atomic E-state index is 13.0. The Morgan fingerprint density at radius 2 is 1.93 bits per heavy atom. The molecule has 0 aliphatic rings. The first-order chi connectivity index (χ1) is 12.2. The van der Waals surface area contributed by atoms with Gasteiger partial charge in [-0.15, -0.1) is 12.4 Å². The lowest BCUT2D eigenvalue weighted by molar-refractivity contribution is 0.0596. The highest BCUT2D eigenvalue weighted by atomic mass is 35.5. The summed E-state index contributed by atoms with van der Waals surface area (Å²) in [6, 6.07) is 6.29. The average molecular weight is 416 g/mol. The molecule has 1 unspecified atom stereocenters. The number of hydrogen-bond donors (Lipinski definition) is 1. The van der Waals surface area contributed by atoms with Crippen molar-refractivity contribution in [3.63, 3.8) is 0 Å². The van der Waals surface area contributed by atoms with Gasteiger partial charge in [0.2, 0.25) is 10.0 Å². The van der Waals surface area contributed by atoms with Crippen molar-refractivity contribution in [3.8, 4) is 0 Å². The first-order valence-corrected chi connectivity index (χ1v) is 9.82. The van der Waals surface area contributed by atoms with Crippen LogP contribution >= 0.6 is 12.4 Å². The fraction of sp³-hybridized carbons (Fsp3) is 0.444. The van der Waals surface area contributed by atoms with Gasteiger partial charge in [-0.25, -0.2) is 22.5 Å². The molecule has 2 aromatic rings. The zero-order chi connectivity index (χ0) is 19.5. The van der Waals surface area contributed by atoms with Crippen LogP contribution < -0.4 is 5.73 Å². The average Bonchev–Trinajstić information content (AvgIpc) is 2.63. The Kier molecular flexibility index (Phi) is 8.16. The highest BCUT2D eigenvalue weighted by Crippen LogP contribution is 2.27. The smallest absolute Gasteiger partial charge is 0.357 e. The molecule has 0 aliphatic carbocycles. The molecule has 0 aliphatic heterocycles. The Morgan fingerprint density at radius 1 is 1.26 bits per heavy atom. The van der Waals surface area contributed by atoms with Crippen LogP contribution in [0, 0.1) is 5.92 Å². The Balaban J connectivity index is 0.00000364. The van der Waals surface area contributed by atoms with Gasteiger partial charge in [-0.05, 0) is 24.5 Å². The molecule has 0 saturated carbocycles. The highest BCUT2D eigenvalue weighted by molar-refractivity contribution is 7.89. The fourth-order valence-corrected chi connectivity index (χ4v) is 4.00. The van der Waals surface area contributed by atoms with Gasteiger partial charge in [-0.3, -0.25) is 0 Å². The first-order valence-electron chi connectivity index (χ1n) is 8.38. The summed E-state index contributed by atoms with van der Waals surface area (Å²) < 4.78 is 32.1. The molecule has 2 N–H and O–H groups in total. The van der Waals surface area contributed by atoms with E-state index in [1.54, 1.807) is 18.2 Å². The van der Waals surface area contributed by atoms with Gasteiger partial charge in [0.05, 0.1) is 12.0 Å². The predicted molar refractivity (Wildman–Crippen MR) is 108 cm³/mol. The van der Waals surface area contributed by atoms with Gasteiger partial charge >= 0.3 is 5.97 Å². The van der Waals surface area contributed by atoms with Gasteiger partial charge in [-0.2, -0.15) is 0 Å². The number of esters is 1. The summed E-state index contributed by atoms with van der Waals surface area (Å²) in [5.41, 5.74) is 6.11. The molecule has 0 saturated heterocycles. The number of nitrogens with zero attached hydrogens (tertiary/aromatic N) is 2. The second kappa shape index (κ2) is 9.45. The molecule has 7 nitrogen and oxygen atoms in total. The summed E-state index contributed by atoms with van der Waals surface area (Å²) in [4.78, 5) is 16.1. The van der Waals surface area contributed by atoms with E-state index >= 15 is 0 Å². The molecule has 1 heterocycles. The number of aromatic nitrogens is 1. The largest absolute Gasteiger partial charge is 0.464 e. The number of halogens is 1. The van der Waals surface area contributed by atoms with Gasteiger partial charge < -0.3 is 10.5 Å². The number of rotatable bonds is 7. The number of sulfonamides is 1. The van der Waals surface area contributed by atoms with Crippen LogP contribution in [0.15, 0.2) is 35.4 Å². The minimum atomic E-state index is -3.74. The molecule has 0 spiro atoms. The summed E-state index contributed by atoms with van der Waals surface area (Å²) in [6.07, 6.45) is 1.97. The van der Waals surface area contributed by atoms with Gasteiger partial charge in [0, 0.05) is 36.6 Å². The van der Waals surface area contributed by atoms with Crippen LogP contribution in [-0.2, 0) is 14.8 Å². The number of hydrogen-bond acceptors (Lipinski definition) is 6. The van der Waals surface area contributed by atoms with Crippen molar-refractivity contribution in [2.75, 3.05) is 20.7 Å². The molecule has 9 heteroatoms. The Hall–Kier alpha value is -1.74. The summed E-state index contributed by atoms with van der Waals surface area (Å²) in [7, 11) is -0.948. The molecule has 0 amide bonds. The lowest BCUT2D eigenvalue weighted by Crippen LogP contribution is -2.34. The van der Waals surface area contributed by atoms with Crippen molar-refractivity contribution >= 4 is 39.2 Å². The van der Waals surface area contributed by atoms with E-state index in [9.17, 15) is 13.2 Å². The fourth-order valence-electron chi connectivity index (χ4n) is 2.61. The van der Waals surface area contributed by atoms with Crippen LogP contribution in [0.4, 0.5) is 0 Å². The van der Waals surface area contributed by atoms with Crippen molar-refractivity contribution in [1.29, 1.82) is 0 Å². The molecule has 0 radical (unpaired) electrons. The first kappa shape index (κ1) is 23.3. The molecular formula is C18H26ClN3O4S. The molecular weight excluding hydrogens is 390 g/mol. The number of fused-ring (bicyclic) bond motifs is 1. The van der Waals surface area contributed by atoms with E-state index in [2.05, 4.69) is 4.98 Å². The summed E-state index contributed by atoms with van der Waals surface area (Å²) >= 11 is 0. The molecule has 1 aromatic heterocycles. The van der Waals surface area contributed by atoms with Crippen LogP contribution in [-0.4, -0.2) is 50.4 Å². The zero-order valence-electron chi connectivity index (χ0n) is 15.9. The number of ether oxygens (including phenoxy) is 1. The minimum Gasteiger partial charge on any atom is -0.464 e. The van der Waals surface area contributed by atoms with Crippen molar-refractivity contribution < 1.29 is 17.9 Å². The van der Waals surface area contributed by atoms with Crippen molar-refractivity contribution in [3.05, 3.63) is 36.2 Å². The zero-order valence-corrected chi connectivity index (χ0v) is 17.5. The molecule has 0 bridgehead atoms. The van der Waals surface area contributed by atoms with E-state index in [4.69, 9.17) is 10.5 Å². The molecule has 1 aromatic carbocycles. The molecule has 150 valence electrons. The number of carbonyl (C=O) groups is 1. The van der Waals surface area contributed by atoms with Crippen LogP contribution in [0.3, 0.4) is 0 Å². The minimum absolute atomic E-state index is 0. The number of carbonyl (C=O) groups excluding carboxylic acids is 1. The van der Waals surface area contributed by atoms with Crippen LogP contribution in [0.1, 0.15) is 30.8 Å². The molecule has 1 atom stereocenters. The maximum atomic E-state index is 13.0. The third-order valence-corrected chi connectivity index (χ3v) is 6.38. The molecule has 0 fully saturated rings. The SMILES string of the molecule is COC(=O)c1nccc2c(S(=O)(=O)N(C)CCC(N)C(C)C)cccc12.Cl. The second-order valence-electron chi connectivity index (χ2n) is 6.53.